The molecule has 2 rings (SSSR count). The fourth-order valence-corrected chi connectivity index (χ4v) is 2.54. The van der Waals surface area contributed by atoms with Gasteiger partial charge in [0, 0.05) is 23.3 Å². The van der Waals surface area contributed by atoms with Crippen molar-refractivity contribution in [3.8, 4) is 0 Å². The van der Waals surface area contributed by atoms with E-state index in [1.54, 1.807) is 16.7 Å². The molecule has 0 unspecified atom stereocenters. The Morgan fingerprint density at radius 1 is 1.44 bits per heavy atom. The van der Waals surface area contributed by atoms with Gasteiger partial charge in [-0.1, -0.05) is 6.07 Å². The van der Waals surface area contributed by atoms with Gasteiger partial charge in [0.15, 0.2) is 0 Å². The van der Waals surface area contributed by atoms with E-state index < -0.39 is 5.97 Å². The Bertz CT molecular complexity index is 465. The zero-order chi connectivity index (χ0) is 11.4. The quantitative estimate of drug-likeness (QED) is 0.858. The Morgan fingerprint density at radius 3 is 2.94 bits per heavy atom. The maximum absolute atomic E-state index is 10.6. The number of carboxylic acids is 1. The predicted molar refractivity (Wildman–Crippen MR) is 63.9 cm³/mol. The molecule has 6 heteroatoms. The van der Waals surface area contributed by atoms with Crippen LogP contribution in [-0.4, -0.2) is 16.1 Å². The predicted octanol–water partition coefficient (Wildman–Crippen LogP) is 2.19. The molecule has 0 aliphatic rings. The summed E-state index contributed by atoms with van der Waals surface area (Å²) in [6.07, 6.45) is 0. The molecule has 84 valence electrons. The molecule has 0 spiro atoms. The molecule has 0 atom stereocenters. The summed E-state index contributed by atoms with van der Waals surface area (Å²) < 4.78 is 0. The Balaban J connectivity index is 1.83. The molecular weight excluding hydrogens is 244 g/mol. The second-order valence-electron chi connectivity index (χ2n) is 3.13. The lowest BCUT2D eigenvalue weighted by molar-refractivity contribution is 0.0696. The zero-order valence-electron chi connectivity index (χ0n) is 8.34. The van der Waals surface area contributed by atoms with Gasteiger partial charge in [0.25, 0.3) is 0 Å². The van der Waals surface area contributed by atoms with Crippen LogP contribution in [0.3, 0.4) is 0 Å². The molecule has 2 aromatic heterocycles. The van der Waals surface area contributed by atoms with Gasteiger partial charge in [-0.3, -0.25) is 0 Å². The molecular formula is C10H10N2O2S2. The molecule has 0 bridgehead atoms. The van der Waals surface area contributed by atoms with Crippen molar-refractivity contribution in [2.45, 2.75) is 13.1 Å². The van der Waals surface area contributed by atoms with Gasteiger partial charge < -0.3 is 10.4 Å². The first-order chi connectivity index (χ1) is 7.75. The van der Waals surface area contributed by atoms with Gasteiger partial charge in [-0.2, -0.15) is 0 Å². The summed E-state index contributed by atoms with van der Waals surface area (Å²) in [7, 11) is 0. The summed E-state index contributed by atoms with van der Waals surface area (Å²) in [6, 6.07) is 4.06. The van der Waals surface area contributed by atoms with E-state index in [1.807, 2.05) is 11.4 Å². The molecule has 0 saturated carbocycles. The van der Waals surface area contributed by atoms with Crippen molar-refractivity contribution in [1.29, 1.82) is 0 Å². The van der Waals surface area contributed by atoms with E-state index >= 15 is 0 Å². The van der Waals surface area contributed by atoms with Gasteiger partial charge in [0.2, 0.25) is 5.01 Å². The summed E-state index contributed by atoms with van der Waals surface area (Å²) in [6.45, 7) is 1.39. The topological polar surface area (TPSA) is 62.2 Å². The molecule has 2 heterocycles. The number of hydrogen-bond acceptors (Lipinski definition) is 5. The third-order valence-electron chi connectivity index (χ3n) is 1.92. The van der Waals surface area contributed by atoms with Crippen LogP contribution in [0.4, 0.5) is 0 Å². The minimum atomic E-state index is -0.963. The lowest BCUT2D eigenvalue weighted by Gasteiger charge is -1.99. The Labute approximate surface area is 101 Å². The number of nitrogens with one attached hydrogen (secondary N) is 1. The van der Waals surface area contributed by atoms with Crippen LogP contribution < -0.4 is 5.32 Å². The molecule has 0 aliphatic carbocycles. The van der Waals surface area contributed by atoms with Crippen molar-refractivity contribution in [3.05, 3.63) is 38.5 Å². The molecule has 0 aromatic carbocycles. The number of aromatic carboxylic acids is 1. The Hall–Kier alpha value is -1.24. The highest BCUT2D eigenvalue weighted by molar-refractivity contribution is 7.11. The average Bonchev–Trinajstić information content (AvgIpc) is 2.87. The average molecular weight is 254 g/mol. The SMILES string of the molecule is O=C(O)c1nc(CNCc2cccs2)cs1. The fraction of sp³-hybridized carbons (Fsp3) is 0.200. The van der Waals surface area contributed by atoms with E-state index in [4.69, 9.17) is 5.11 Å². The van der Waals surface area contributed by atoms with E-state index in [-0.39, 0.29) is 5.01 Å². The first-order valence-electron chi connectivity index (χ1n) is 4.66. The number of rotatable bonds is 5. The Morgan fingerprint density at radius 2 is 2.31 bits per heavy atom. The van der Waals surface area contributed by atoms with Crippen LogP contribution in [0.1, 0.15) is 20.4 Å². The smallest absolute Gasteiger partial charge is 0.365 e. The Kier molecular flexibility index (Phi) is 3.66. The molecule has 2 aromatic rings. The van der Waals surface area contributed by atoms with E-state index in [1.165, 1.54) is 4.88 Å². The fourth-order valence-electron chi connectivity index (χ4n) is 1.21. The van der Waals surface area contributed by atoms with Crippen molar-refractivity contribution in [2.75, 3.05) is 0 Å². The third kappa shape index (κ3) is 2.88. The monoisotopic (exact) mass is 254 g/mol. The van der Waals surface area contributed by atoms with E-state index in [9.17, 15) is 4.79 Å². The number of carboxylic acid groups (broad SMARTS) is 1. The van der Waals surface area contributed by atoms with E-state index in [0.717, 1.165) is 23.6 Å². The van der Waals surface area contributed by atoms with Crippen LogP contribution in [0.2, 0.25) is 0 Å². The van der Waals surface area contributed by atoms with Gasteiger partial charge in [0.05, 0.1) is 5.69 Å². The van der Waals surface area contributed by atoms with Crippen molar-refractivity contribution in [1.82, 2.24) is 10.3 Å². The minimum Gasteiger partial charge on any atom is -0.476 e. The van der Waals surface area contributed by atoms with Crippen molar-refractivity contribution in [2.24, 2.45) is 0 Å². The second-order valence-corrected chi connectivity index (χ2v) is 5.02. The highest BCUT2D eigenvalue weighted by Gasteiger charge is 2.08. The number of aromatic nitrogens is 1. The lowest BCUT2D eigenvalue weighted by atomic mass is 10.4. The molecule has 0 amide bonds. The largest absolute Gasteiger partial charge is 0.476 e. The highest BCUT2D eigenvalue weighted by Crippen LogP contribution is 2.11. The van der Waals surface area contributed by atoms with E-state index in [0.29, 0.717) is 6.54 Å². The van der Waals surface area contributed by atoms with Crippen LogP contribution in [0.5, 0.6) is 0 Å². The highest BCUT2D eigenvalue weighted by atomic mass is 32.1. The number of thiazole rings is 1. The number of hydrogen-bond donors (Lipinski definition) is 2. The zero-order valence-corrected chi connectivity index (χ0v) is 9.98. The normalized spacial score (nSPS) is 10.5. The van der Waals surface area contributed by atoms with Crippen LogP contribution in [0.15, 0.2) is 22.9 Å². The van der Waals surface area contributed by atoms with Gasteiger partial charge in [0.1, 0.15) is 0 Å². The molecule has 2 N–H and O–H groups in total. The van der Waals surface area contributed by atoms with E-state index in [2.05, 4.69) is 16.4 Å². The maximum Gasteiger partial charge on any atom is 0.365 e. The molecule has 0 radical (unpaired) electrons. The molecule has 0 aliphatic heterocycles. The number of thiophene rings is 1. The lowest BCUT2D eigenvalue weighted by Crippen LogP contribution is -2.12. The van der Waals surface area contributed by atoms with Crippen molar-refractivity contribution in [3.63, 3.8) is 0 Å². The first-order valence-corrected chi connectivity index (χ1v) is 6.42. The molecule has 16 heavy (non-hydrogen) atoms. The number of carbonyl (C=O) groups is 1. The first kappa shape index (κ1) is 11.3. The van der Waals surface area contributed by atoms with Crippen LogP contribution in [-0.2, 0) is 13.1 Å². The van der Waals surface area contributed by atoms with Crippen LogP contribution in [0, 0.1) is 0 Å². The molecule has 4 nitrogen and oxygen atoms in total. The standard InChI is InChI=1S/C10H10N2O2S2/c13-10(14)9-12-7(6-16-9)4-11-5-8-2-1-3-15-8/h1-3,6,11H,4-5H2,(H,13,14). The second kappa shape index (κ2) is 5.20. The molecule has 0 fully saturated rings. The van der Waals surface area contributed by atoms with Crippen LogP contribution >= 0.6 is 22.7 Å². The van der Waals surface area contributed by atoms with Crippen LogP contribution in [0.25, 0.3) is 0 Å². The number of nitrogens with zero attached hydrogens (tertiary/aromatic N) is 1. The minimum absolute atomic E-state index is 0.146. The summed E-state index contributed by atoms with van der Waals surface area (Å²) in [5.74, 6) is -0.963. The maximum atomic E-state index is 10.6. The summed E-state index contributed by atoms with van der Waals surface area (Å²) >= 11 is 2.85. The van der Waals surface area contributed by atoms with Gasteiger partial charge >= 0.3 is 5.97 Å². The van der Waals surface area contributed by atoms with Gasteiger partial charge in [-0.25, -0.2) is 9.78 Å². The van der Waals surface area contributed by atoms with Crippen molar-refractivity contribution >= 4 is 28.6 Å². The third-order valence-corrected chi connectivity index (χ3v) is 3.68. The summed E-state index contributed by atoms with van der Waals surface area (Å²) in [4.78, 5) is 15.9. The summed E-state index contributed by atoms with van der Waals surface area (Å²) in [5.41, 5.74) is 0.777. The summed E-state index contributed by atoms with van der Waals surface area (Å²) in [5, 5.41) is 15.9. The van der Waals surface area contributed by atoms with Gasteiger partial charge in [-0.05, 0) is 11.4 Å². The van der Waals surface area contributed by atoms with Gasteiger partial charge in [-0.15, -0.1) is 22.7 Å². The molecule has 0 saturated heterocycles. The van der Waals surface area contributed by atoms with Crippen molar-refractivity contribution < 1.29 is 9.90 Å².